The monoisotopic (exact) mass is 250 g/mol. The maximum atomic E-state index is 11.9. The average Bonchev–Trinajstić information content (AvgIpc) is 2.92. The Bertz CT molecular complexity index is 314. The van der Waals surface area contributed by atoms with Crippen LogP contribution in [-0.4, -0.2) is 24.5 Å². The van der Waals surface area contributed by atoms with Crippen molar-refractivity contribution in [2.45, 2.75) is 64.0 Å². The minimum absolute atomic E-state index is 0.235. The molecule has 3 aliphatic carbocycles. The molecule has 18 heavy (non-hydrogen) atoms. The summed E-state index contributed by atoms with van der Waals surface area (Å²) in [7, 11) is 0. The molecular formula is C15H26N2O. The van der Waals surface area contributed by atoms with Gasteiger partial charge in [-0.05, 0) is 56.8 Å². The zero-order chi connectivity index (χ0) is 12.5. The van der Waals surface area contributed by atoms with Crippen molar-refractivity contribution < 1.29 is 4.79 Å². The fraction of sp³-hybridized carbons (Fsp3) is 0.933. The number of hydrogen-bond acceptors (Lipinski definition) is 2. The number of nitrogens with one attached hydrogen (secondary N) is 2. The SMILES string of the molecule is CC(NC(=O)CCNC1CC1)C1CC2CCC1C2. The molecule has 3 saturated carbocycles. The lowest BCUT2D eigenvalue weighted by atomic mass is 9.84. The third-order valence-corrected chi connectivity index (χ3v) is 5.19. The molecule has 1 amide bonds. The van der Waals surface area contributed by atoms with Crippen LogP contribution >= 0.6 is 0 Å². The smallest absolute Gasteiger partial charge is 0.221 e. The maximum Gasteiger partial charge on any atom is 0.221 e. The van der Waals surface area contributed by atoms with Crippen LogP contribution in [0.4, 0.5) is 0 Å². The first-order valence-corrected chi connectivity index (χ1v) is 7.75. The number of carbonyl (C=O) groups excluding carboxylic acids is 1. The molecule has 3 aliphatic rings. The van der Waals surface area contributed by atoms with Crippen molar-refractivity contribution in [2.24, 2.45) is 17.8 Å². The highest BCUT2D eigenvalue weighted by Gasteiger charge is 2.42. The van der Waals surface area contributed by atoms with Gasteiger partial charge >= 0.3 is 0 Å². The zero-order valence-corrected chi connectivity index (χ0v) is 11.5. The Morgan fingerprint density at radius 2 is 2.06 bits per heavy atom. The summed E-state index contributed by atoms with van der Waals surface area (Å²) in [6, 6.07) is 1.09. The normalized spacial score (nSPS) is 35.7. The molecule has 3 heteroatoms. The van der Waals surface area contributed by atoms with Crippen LogP contribution in [0.5, 0.6) is 0 Å². The molecule has 3 rings (SSSR count). The van der Waals surface area contributed by atoms with E-state index < -0.39 is 0 Å². The van der Waals surface area contributed by atoms with Crippen LogP contribution in [0.15, 0.2) is 0 Å². The lowest BCUT2D eigenvalue weighted by Crippen LogP contribution is -2.41. The summed E-state index contributed by atoms with van der Waals surface area (Å²) < 4.78 is 0. The molecular weight excluding hydrogens is 224 g/mol. The molecule has 0 aromatic rings. The summed E-state index contributed by atoms with van der Waals surface area (Å²) in [5, 5.41) is 6.62. The highest BCUT2D eigenvalue weighted by molar-refractivity contribution is 5.76. The maximum absolute atomic E-state index is 11.9. The van der Waals surface area contributed by atoms with Gasteiger partial charge in [-0.25, -0.2) is 0 Å². The molecule has 3 nitrogen and oxygen atoms in total. The Morgan fingerprint density at radius 1 is 1.22 bits per heavy atom. The van der Waals surface area contributed by atoms with Crippen molar-refractivity contribution in [1.82, 2.24) is 10.6 Å². The van der Waals surface area contributed by atoms with Crippen molar-refractivity contribution in [3.8, 4) is 0 Å². The van der Waals surface area contributed by atoms with Crippen LogP contribution in [-0.2, 0) is 4.79 Å². The van der Waals surface area contributed by atoms with Gasteiger partial charge in [0.1, 0.15) is 0 Å². The van der Waals surface area contributed by atoms with Crippen LogP contribution in [0, 0.1) is 17.8 Å². The molecule has 0 saturated heterocycles. The highest BCUT2D eigenvalue weighted by atomic mass is 16.1. The highest BCUT2D eigenvalue weighted by Crippen LogP contribution is 2.49. The van der Waals surface area contributed by atoms with Gasteiger partial charge in [-0.15, -0.1) is 0 Å². The van der Waals surface area contributed by atoms with E-state index in [9.17, 15) is 4.79 Å². The van der Waals surface area contributed by atoms with E-state index in [1.54, 1.807) is 0 Å². The van der Waals surface area contributed by atoms with Gasteiger partial charge in [0, 0.05) is 25.0 Å². The summed E-state index contributed by atoms with van der Waals surface area (Å²) in [4.78, 5) is 11.9. The van der Waals surface area contributed by atoms with Crippen LogP contribution in [0.2, 0.25) is 0 Å². The van der Waals surface area contributed by atoms with Crippen molar-refractivity contribution in [3.05, 3.63) is 0 Å². The fourth-order valence-electron chi connectivity index (χ4n) is 4.02. The standard InChI is InChI=1S/C15H26N2O/c1-10(14-9-11-2-3-12(14)8-11)17-15(18)6-7-16-13-4-5-13/h10-14,16H,2-9H2,1H3,(H,17,18). The number of rotatable bonds is 6. The van der Waals surface area contributed by atoms with E-state index in [-0.39, 0.29) is 5.91 Å². The predicted octanol–water partition coefficient (Wildman–Crippen LogP) is 2.07. The van der Waals surface area contributed by atoms with Gasteiger partial charge < -0.3 is 10.6 Å². The van der Waals surface area contributed by atoms with Crippen LogP contribution in [0.1, 0.15) is 51.9 Å². The van der Waals surface area contributed by atoms with Gasteiger partial charge in [-0.3, -0.25) is 4.79 Å². The second-order valence-corrected chi connectivity index (χ2v) is 6.67. The minimum Gasteiger partial charge on any atom is -0.353 e. The molecule has 2 bridgehead atoms. The van der Waals surface area contributed by atoms with E-state index in [0.29, 0.717) is 18.5 Å². The molecule has 4 unspecified atom stereocenters. The van der Waals surface area contributed by atoms with E-state index in [0.717, 1.165) is 24.3 Å². The summed E-state index contributed by atoms with van der Waals surface area (Å²) in [6.45, 7) is 3.05. The second kappa shape index (κ2) is 5.20. The van der Waals surface area contributed by atoms with Gasteiger partial charge in [0.05, 0.1) is 0 Å². The van der Waals surface area contributed by atoms with Gasteiger partial charge in [-0.1, -0.05) is 6.42 Å². The third kappa shape index (κ3) is 2.87. The molecule has 0 aromatic carbocycles. The number of hydrogen-bond donors (Lipinski definition) is 2. The predicted molar refractivity (Wildman–Crippen MR) is 72.2 cm³/mol. The average molecular weight is 250 g/mol. The van der Waals surface area contributed by atoms with Crippen molar-refractivity contribution in [1.29, 1.82) is 0 Å². The van der Waals surface area contributed by atoms with Crippen molar-refractivity contribution in [2.75, 3.05) is 6.54 Å². The number of fused-ring (bicyclic) bond motifs is 2. The minimum atomic E-state index is 0.235. The van der Waals surface area contributed by atoms with Gasteiger partial charge in [-0.2, -0.15) is 0 Å². The molecule has 2 N–H and O–H groups in total. The van der Waals surface area contributed by atoms with E-state index in [4.69, 9.17) is 0 Å². The Balaban J connectivity index is 1.37. The molecule has 102 valence electrons. The van der Waals surface area contributed by atoms with E-state index in [1.807, 2.05) is 0 Å². The first-order chi connectivity index (χ1) is 8.72. The lowest BCUT2D eigenvalue weighted by Gasteiger charge is -2.28. The van der Waals surface area contributed by atoms with Crippen LogP contribution in [0.3, 0.4) is 0 Å². The van der Waals surface area contributed by atoms with Crippen LogP contribution in [0.25, 0.3) is 0 Å². The molecule has 0 spiro atoms. The van der Waals surface area contributed by atoms with E-state index >= 15 is 0 Å². The van der Waals surface area contributed by atoms with Crippen molar-refractivity contribution >= 4 is 5.91 Å². The Hall–Kier alpha value is -0.570. The first kappa shape index (κ1) is 12.5. The molecule has 3 fully saturated rings. The number of carbonyl (C=O) groups is 1. The van der Waals surface area contributed by atoms with E-state index in [1.165, 1.54) is 38.5 Å². The molecule has 0 aromatic heterocycles. The third-order valence-electron chi connectivity index (χ3n) is 5.19. The van der Waals surface area contributed by atoms with Crippen LogP contribution < -0.4 is 10.6 Å². The quantitative estimate of drug-likeness (QED) is 0.757. The lowest BCUT2D eigenvalue weighted by molar-refractivity contribution is -0.122. The topological polar surface area (TPSA) is 41.1 Å². The Morgan fingerprint density at radius 3 is 2.67 bits per heavy atom. The Kier molecular flexibility index (Phi) is 3.60. The summed E-state index contributed by atoms with van der Waals surface area (Å²) >= 11 is 0. The van der Waals surface area contributed by atoms with Gasteiger partial charge in [0.2, 0.25) is 5.91 Å². The molecule has 0 radical (unpaired) electrons. The second-order valence-electron chi connectivity index (χ2n) is 6.67. The Labute approximate surface area is 110 Å². The van der Waals surface area contributed by atoms with Gasteiger partial charge in [0.25, 0.3) is 0 Å². The largest absolute Gasteiger partial charge is 0.353 e. The molecule has 4 atom stereocenters. The molecule has 0 heterocycles. The number of amides is 1. The van der Waals surface area contributed by atoms with E-state index in [2.05, 4.69) is 17.6 Å². The summed E-state index contributed by atoms with van der Waals surface area (Å²) in [6.07, 6.45) is 8.85. The molecule has 0 aliphatic heterocycles. The first-order valence-electron chi connectivity index (χ1n) is 7.75. The summed E-state index contributed by atoms with van der Waals surface area (Å²) in [5.41, 5.74) is 0. The summed E-state index contributed by atoms with van der Waals surface area (Å²) in [5.74, 6) is 2.85. The van der Waals surface area contributed by atoms with Crippen molar-refractivity contribution in [3.63, 3.8) is 0 Å². The van der Waals surface area contributed by atoms with Gasteiger partial charge in [0.15, 0.2) is 0 Å². The fourth-order valence-corrected chi connectivity index (χ4v) is 4.02. The zero-order valence-electron chi connectivity index (χ0n) is 11.5.